The number of ether oxygens (including phenoxy) is 2. The summed E-state index contributed by atoms with van der Waals surface area (Å²) >= 11 is 0. The van der Waals surface area contributed by atoms with Crippen LogP contribution in [0.1, 0.15) is 13.8 Å². The largest absolute Gasteiger partial charge is 0.497 e. The molecule has 3 rings (SSSR count). The molecule has 5 nitrogen and oxygen atoms in total. The summed E-state index contributed by atoms with van der Waals surface area (Å²) in [4.78, 5) is 8.69. The van der Waals surface area contributed by atoms with E-state index in [2.05, 4.69) is 9.97 Å². The Hall–Kier alpha value is -2.56. The van der Waals surface area contributed by atoms with Crippen LogP contribution < -0.4 is 9.47 Å². The highest BCUT2D eigenvalue weighted by Gasteiger charge is 2.12. The molecule has 2 aromatic heterocycles. The Kier molecular flexibility index (Phi) is 3.48. The van der Waals surface area contributed by atoms with Crippen molar-refractivity contribution >= 4 is 5.65 Å². The second kappa shape index (κ2) is 5.44. The fourth-order valence-electron chi connectivity index (χ4n) is 2.18. The highest BCUT2D eigenvalue weighted by molar-refractivity contribution is 5.66. The zero-order valence-electron chi connectivity index (χ0n) is 12.3. The number of benzene rings is 1. The summed E-state index contributed by atoms with van der Waals surface area (Å²) in [6.45, 7) is 3.94. The van der Waals surface area contributed by atoms with Gasteiger partial charge < -0.3 is 9.47 Å². The minimum Gasteiger partial charge on any atom is -0.497 e. The SMILES string of the molecule is COc1ccc(-c2cnc3c(OC(C)C)nccn23)cc1. The van der Waals surface area contributed by atoms with Crippen LogP contribution >= 0.6 is 0 Å². The van der Waals surface area contributed by atoms with Crippen LogP contribution in [-0.4, -0.2) is 27.6 Å². The number of nitrogens with zero attached hydrogens (tertiary/aromatic N) is 3. The Bertz CT molecular complexity index is 748. The van der Waals surface area contributed by atoms with Gasteiger partial charge in [0.1, 0.15) is 5.75 Å². The average Bonchev–Trinajstić information content (AvgIpc) is 2.92. The molecule has 0 bridgehead atoms. The van der Waals surface area contributed by atoms with E-state index in [4.69, 9.17) is 9.47 Å². The summed E-state index contributed by atoms with van der Waals surface area (Å²) in [7, 11) is 1.66. The molecule has 0 fully saturated rings. The quantitative estimate of drug-likeness (QED) is 0.738. The summed E-state index contributed by atoms with van der Waals surface area (Å²) in [6.07, 6.45) is 5.49. The lowest BCUT2D eigenvalue weighted by atomic mass is 10.1. The lowest BCUT2D eigenvalue weighted by Gasteiger charge is -2.09. The lowest BCUT2D eigenvalue weighted by molar-refractivity contribution is 0.234. The average molecular weight is 283 g/mol. The summed E-state index contributed by atoms with van der Waals surface area (Å²) in [5, 5.41) is 0. The van der Waals surface area contributed by atoms with E-state index >= 15 is 0 Å². The van der Waals surface area contributed by atoms with Gasteiger partial charge in [0.05, 0.1) is 25.1 Å². The maximum Gasteiger partial charge on any atom is 0.258 e. The van der Waals surface area contributed by atoms with E-state index in [1.807, 2.05) is 54.9 Å². The molecule has 0 amide bonds. The molecule has 0 aliphatic rings. The molecule has 5 heteroatoms. The lowest BCUT2D eigenvalue weighted by Crippen LogP contribution is -2.08. The van der Waals surface area contributed by atoms with Gasteiger partial charge in [0.2, 0.25) is 5.65 Å². The number of imidazole rings is 1. The van der Waals surface area contributed by atoms with Gasteiger partial charge >= 0.3 is 0 Å². The van der Waals surface area contributed by atoms with Crippen molar-refractivity contribution in [2.45, 2.75) is 20.0 Å². The van der Waals surface area contributed by atoms with Crippen molar-refractivity contribution in [3.05, 3.63) is 42.9 Å². The third-order valence-electron chi connectivity index (χ3n) is 3.13. The van der Waals surface area contributed by atoms with Gasteiger partial charge in [0.15, 0.2) is 0 Å². The molecule has 0 radical (unpaired) electrons. The van der Waals surface area contributed by atoms with Crippen LogP contribution in [-0.2, 0) is 0 Å². The highest BCUT2D eigenvalue weighted by Crippen LogP contribution is 2.26. The van der Waals surface area contributed by atoms with Gasteiger partial charge in [0, 0.05) is 18.0 Å². The first-order chi connectivity index (χ1) is 10.2. The first-order valence-corrected chi connectivity index (χ1v) is 6.82. The van der Waals surface area contributed by atoms with Gasteiger partial charge in [-0.15, -0.1) is 0 Å². The number of rotatable bonds is 4. The van der Waals surface area contributed by atoms with Crippen molar-refractivity contribution in [3.8, 4) is 22.9 Å². The number of hydrogen-bond donors (Lipinski definition) is 0. The number of aromatic nitrogens is 3. The Morgan fingerprint density at radius 2 is 1.86 bits per heavy atom. The second-order valence-corrected chi connectivity index (χ2v) is 4.96. The van der Waals surface area contributed by atoms with Crippen LogP contribution in [0.4, 0.5) is 0 Å². The van der Waals surface area contributed by atoms with Gasteiger partial charge in [0.25, 0.3) is 5.88 Å². The van der Waals surface area contributed by atoms with Gasteiger partial charge in [-0.25, -0.2) is 9.97 Å². The summed E-state index contributed by atoms with van der Waals surface area (Å²) in [5.74, 6) is 1.38. The number of hydrogen-bond acceptors (Lipinski definition) is 4. The number of methoxy groups -OCH3 is 1. The topological polar surface area (TPSA) is 48.7 Å². The molecule has 1 aromatic carbocycles. The van der Waals surface area contributed by atoms with E-state index in [0.717, 1.165) is 22.7 Å². The molecule has 0 aliphatic carbocycles. The van der Waals surface area contributed by atoms with E-state index in [9.17, 15) is 0 Å². The monoisotopic (exact) mass is 283 g/mol. The standard InChI is InChI=1S/C16H17N3O2/c1-11(2)21-16-15-18-10-14(19(15)9-8-17-16)12-4-6-13(20-3)7-5-12/h4-11H,1-3H3. The molecule has 0 unspecified atom stereocenters. The van der Waals surface area contributed by atoms with Gasteiger partial charge in [-0.1, -0.05) is 0 Å². The van der Waals surface area contributed by atoms with E-state index in [1.165, 1.54) is 0 Å². The molecule has 0 saturated heterocycles. The number of fused-ring (bicyclic) bond motifs is 1. The highest BCUT2D eigenvalue weighted by atomic mass is 16.5. The van der Waals surface area contributed by atoms with Crippen molar-refractivity contribution in [2.24, 2.45) is 0 Å². The fraction of sp³-hybridized carbons (Fsp3) is 0.250. The van der Waals surface area contributed by atoms with Gasteiger partial charge in [-0.2, -0.15) is 0 Å². The first kappa shape index (κ1) is 13.4. The minimum atomic E-state index is 0.0600. The van der Waals surface area contributed by atoms with E-state index in [1.54, 1.807) is 13.3 Å². The van der Waals surface area contributed by atoms with Crippen LogP contribution in [0.15, 0.2) is 42.9 Å². The molecule has 0 saturated carbocycles. The third kappa shape index (κ3) is 2.54. The molecule has 0 spiro atoms. The van der Waals surface area contributed by atoms with Crippen molar-refractivity contribution in [1.82, 2.24) is 14.4 Å². The maximum atomic E-state index is 5.70. The van der Waals surface area contributed by atoms with Crippen LogP contribution in [0.2, 0.25) is 0 Å². The predicted molar refractivity (Wildman–Crippen MR) is 80.7 cm³/mol. The zero-order chi connectivity index (χ0) is 14.8. The van der Waals surface area contributed by atoms with Crippen LogP contribution in [0, 0.1) is 0 Å². The first-order valence-electron chi connectivity index (χ1n) is 6.82. The predicted octanol–water partition coefficient (Wildman–Crippen LogP) is 3.19. The summed E-state index contributed by atoms with van der Waals surface area (Å²) in [5.41, 5.74) is 2.77. The molecule has 108 valence electrons. The normalized spacial score (nSPS) is 11.0. The molecule has 0 aliphatic heterocycles. The molecular weight excluding hydrogens is 266 g/mol. The van der Waals surface area contributed by atoms with Crippen LogP contribution in [0.5, 0.6) is 11.6 Å². The maximum absolute atomic E-state index is 5.70. The van der Waals surface area contributed by atoms with E-state index < -0.39 is 0 Å². The van der Waals surface area contributed by atoms with Crippen molar-refractivity contribution in [1.29, 1.82) is 0 Å². The summed E-state index contributed by atoms with van der Waals surface area (Å²) < 4.78 is 12.9. The fourth-order valence-corrected chi connectivity index (χ4v) is 2.18. The van der Waals surface area contributed by atoms with Crippen LogP contribution in [0.3, 0.4) is 0 Å². The molecule has 3 aromatic rings. The Labute approximate surface area is 123 Å². The van der Waals surface area contributed by atoms with Crippen molar-refractivity contribution < 1.29 is 9.47 Å². The molecule has 21 heavy (non-hydrogen) atoms. The smallest absolute Gasteiger partial charge is 0.258 e. The van der Waals surface area contributed by atoms with Crippen LogP contribution in [0.25, 0.3) is 16.9 Å². The molecule has 2 heterocycles. The minimum absolute atomic E-state index is 0.0600. The van der Waals surface area contributed by atoms with Crippen molar-refractivity contribution in [3.63, 3.8) is 0 Å². The van der Waals surface area contributed by atoms with Crippen molar-refractivity contribution in [2.75, 3.05) is 7.11 Å². The Balaban J connectivity index is 2.07. The Morgan fingerprint density at radius 1 is 1.10 bits per heavy atom. The zero-order valence-corrected chi connectivity index (χ0v) is 12.3. The van der Waals surface area contributed by atoms with E-state index in [-0.39, 0.29) is 6.10 Å². The molecule has 0 atom stereocenters. The Morgan fingerprint density at radius 3 is 2.52 bits per heavy atom. The molecular formula is C16H17N3O2. The molecule has 0 N–H and O–H groups in total. The van der Waals surface area contributed by atoms with E-state index in [0.29, 0.717) is 5.88 Å². The third-order valence-corrected chi connectivity index (χ3v) is 3.13. The van der Waals surface area contributed by atoms with Gasteiger partial charge in [-0.3, -0.25) is 4.40 Å². The summed E-state index contributed by atoms with van der Waals surface area (Å²) in [6, 6.07) is 7.88. The van der Waals surface area contributed by atoms with Gasteiger partial charge in [-0.05, 0) is 38.1 Å². The second-order valence-electron chi connectivity index (χ2n) is 4.96.